The zero-order chi connectivity index (χ0) is 16.9. The van der Waals surface area contributed by atoms with Gasteiger partial charge in [0.1, 0.15) is 0 Å². The SMILES string of the molecule is Cc1ccc(C(=O)NCCc2nc(-c3ccccc3)no2)cc1C. The number of nitrogens with one attached hydrogen (secondary N) is 1. The molecule has 0 bridgehead atoms. The van der Waals surface area contributed by atoms with Crippen molar-refractivity contribution in [3.63, 3.8) is 0 Å². The van der Waals surface area contributed by atoms with Crippen LogP contribution in [-0.4, -0.2) is 22.6 Å². The van der Waals surface area contributed by atoms with Crippen LogP contribution in [0, 0.1) is 13.8 Å². The molecular formula is C19H19N3O2. The van der Waals surface area contributed by atoms with Gasteiger partial charge in [-0.2, -0.15) is 4.98 Å². The monoisotopic (exact) mass is 321 g/mol. The molecule has 0 unspecified atom stereocenters. The maximum atomic E-state index is 12.1. The van der Waals surface area contributed by atoms with Crippen LogP contribution in [0.3, 0.4) is 0 Å². The van der Waals surface area contributed by atoms with Gasteiger partial charge in [-0.05, 0) is 37.1 Å². The van der Waals surface area contributed by atoms with Crippen molar-refractivity contribution in [2.45, 2.75) is 20.3 Å². The van der Waals surface area contributed by atoms with E-state index in [1.54, 1.807) is 0 Å². The standard InChI is InChI=1S/C19H19N3O2/c1-13-8-9-16(12-14(13)2)19(23)20-11-10-17-21-18(22-24-17)15-6-4-3-5-7-15/h3-9,12H,10-11H2,1-2H3,(H,20,23). The van der Waals surface area contributed by atoms with Crippen molar-refractivity contribution in [3.05, 3.63) is 71.1 Å². The number of carbonyl (C=O) groups excluding carboxylic acids is 1. The summed E-state index contributed by atoms with van der Waals surface area (Å²) >= 11 is 0. The molecule has 0 spiro atoms. The molecule has 0 aliphatic heterocycles. The average molecular weight is 321 g/mol. The van der Waals surface area contributed by atoms with E-state index in [9.17, 15) is 4.79 Å². The van der Waals surface area contributed by atoms with E-state index in [1.165, 1.54) is 5.56 Å². The minimum atomic E-state index is -0.0964. The third-order valence-corrected chi connectivity index (χ3v) is 3.89. The Labute approximate surface area is 140 Å². The van der Waals surface area contributed by atoms with Crippen LogP contribution in [0.1, 0.15) is 27.4 Å². The van der Waals surface area contributed by atoms with Gasteiger partial charge in [-0.1, -0.05) is 41.6 Å². The van der Waals surface area contributed by atoms with E-state index in [2.05, 4.69) is 15.5 Å². The Morgan fingerprint density at radius 3 is 2.62 bits per heavy atom. The molecule has 0 atom stereocenters. The molecule has 1 amide bonds. The molecule has 122 valence electrons. The van der Waals surface area contributed by atoms with E-state index in [0.29, 0.717) is 30.2 Å². The molecule has 1 aromatic heterocycles. The quantitative estimate of drug-likeness (QED) is 0.782. The summed E-state index contributed by atoms with van der Waals surface area (Å²) < 4.78 is 5.23. The predicted molar refractivity (Wildman–Crippen MR) is 91.7 cm³/mol. The number of rotatable bonds is 5. The first-order valence-electron chi connectivity index (χ1n) is 7.87. The normalized spacial score (nSPS) is 10.6. The molecule has 0 saturated heterocycles. The van der Waals surface area contributed by atoms with Crippen molar-refractivity contribution in [3.8, 4) is 11.4 Å². The van der Waals surface area contributed by atoms with Crippen LogP contribution < -0.4 is 5.32 Å². The summed E-state index contributed by atoms with van der Waals surface area (Å²) in [6, 6.07) is 15.3. The Bertz CT molecular complexity index is 841. The van der Waals surface area contributed by atoms with Crippen LogP contribution in [0.5, 0.6) is 0 Å². The second-order valence-electron chi connectivity index (χ2n) is 5.68. The number of amides is 1. The number of hydrogen-bond donors (Lipinski definition) is 1. The smallest absolute Gasteiger partial charge is 0.251 e. The van der Waals surface area contributed by atoms with Gasteiger partial charge in [0.25, 0.3) is 5.91 Å². The number of aromatic nitrogens is 2. The maximum Gasteiger partial charge on any atom is 0.251 e. The van der Waals surface area contributed by atoms with Crippen LogP contribution in [0.4, 0.5) is 0 Å². The molecule has 1 N–H and O–H groups in total. The Kier molecular flexibility index (Phi) is 4.70. The van der Waals surface area contributed by atoms with Crippen LogP contribution in [0.25, 0.3) is 11.4 Å². The lowest BCUT2D eigenvalue weighted by molar-refractivity contribution is 0.0953. The first-order valence-corrected chi connectivity index (χ1v) is 7.87. The summed E-state index contributed by atoms with van der Waals surface area (Å²) in [6.45, 7) is 4.47. The molecule has 5 heteroatoms. The van der Waals surface area contributed by atoms with Gasteiger partial charge in [0.15, 0.2) is 0 Å². The lowest BCUT2D eigenvalue weighted by Gasteiger charge is -2.06. The Morgan fingerprint density at radius 2 is 1.88 bits per heavy atom. The number of carbonyl (C=O) groups is 1. The summed E-state index contributed by atoms with van der Waals surface area (Å²) in [6.07, 6.45) is 0.496. The van der Waals surface area contributed by atoms with Gasteiger partial charge < -0.3 is 9.84 Å². The van der Waals surface area contributed by atoms with Crippen LogP contribution in [-0.2, 0) is 6.42 Å². The van der Waals surface area contributed by atoms with Gasteiger partial charge in [0, 0.05) is 24.1 Å². The third kappa shape index (κ3) is 3.68. The topological polar surface area (TPSA) is 68.0 Å². The number of hydrogen-bond acceptors (Lipinski definition) is 4. The molecular weight excluding hydrogens is 302 g/mol. The van der Waals surface area contributed by atoms with Crippen molar-refractivity contribution < 1.29 is 9.32 Å². The fraction of sp³-hybridized carbons (Fsp3) is 0.211. The summed E-state index contributed by atoms with van der Waals surface area (Å²) in [4.78, 5) is 16.5. The molecule has 3 aromatic rings. The molecule has 3 rings (SSSR count). The van der Waals surface area contributed by atoms with Crippen LogP contribution in [0.15, 0.2) is 53.1 Å². The fourth-order valence-electron chi connectivity index (χ4n) is 2.33. The first-order chi connectivity index (χ1) is 11.6. The molecule has 1 heterocycles. The molecule has 0 saturated carbocycles. The van der Waals surface area contributed by atoms with Crippen molar-refractivity contribution in [2.75, 3.05) is 6.54 Å². The highest BCUT2D eigenvalue weighted by atomic mass is 16.5. The second-order valence-corrected chi connectivity index (χ2v) is 5.68. The van der Waals surface area contributed by atoms with E-state index in [-0.39, 0.29) is 5.91 Å². The van der Waals surface area contributed by atoms with E-state index in [1.807, 2.05) is 62.4 Å². The largest absolute Gasteiger partial charge is 0.352 e. The molecule has 24 heavy (non-hydrogen) atoms. The lowest BCUT2D eigenvalue weighted by Crippen LogP contribution is -2.25. The molecule has 0 fully saturated rings. The summed E-state index contributed by atoms with van der Waals surface area (Å²) in [5, 5.41) is 6.84. The van der Waals surface area contributed by atoms with Gasteiger partial charge in [0.2, 0.25) is 11.7 Å². The van der Waals surface area contributed by atoms with Gasteiger partial charge in [-0.25, -0.2) is 0 Å². The van der Waals surface area contributed by atoms with E-state index >= 15 is 0 Å². The third-order valence-electron chi connectivity index (χ3n) is 3.89. The molecule has 0 aliphatic carbocycles. The van der Waals surface area contributed by atoms with Gasteiger partial charge >= 0.3 is 0 Å². The molecule has 5 nitrogen and oxygen atoms in total. The maximum absolute atomic E-state index is 12.1. The van der Waals surface area contributed by atoms with Crippen LogP contribution in [0.2, 0.25) is 0 Å². The second kappa shape index (κ2) is 7.08. The Morgan fingerprint density at radius 1 is 1.08 bits per heavy atom. The van der Waals surface area contributed by atoms with E-state index < -0.39 is 0 Å². The fourth-order valence-corrected chi connectivity index (χ4v) is 2.33. The van der Waals surface area contributed by atoms with Crippen molar-refractivity contribution in [1.29, 1.82) is 0 Å². The van der Waals surface area contributed by atoms with Gasteiger partial charge in [-0.15, -0.1) is 0 Å². The zero-order valence-corrected chi connectivity index (χ0v) is 13.7. The van der Waals surface area contributed by atoms with Crippen molar-refractivity contribution in [2.24, 2.45) is 0 Å². The Hall–Kier alpha value is -2.95. The summed E-state index contributed by atoms with van der Waals surface area (Å²) in [5.74, 6) is 0.973. The molecule has 2 aromatic carbocycles. The molecule has 0 radical (unpaired) electrons. The van der Waals surface area contributed by atoms with E-state index in [4.69, 9.17) is 4.52 Å². The highest BCUT2D eigenvalue weighted by molar-refractivity contribution is 5.94. The highest BCUT2D eigenvalue weighted by Gasteiger charge is 2.10. The highest BCUT2D eigenvalue weighted by Crippen LogP contribution is 2.15. The summed E-state index contributed by atoms with van der Waals surface area (Å²) in [7, 11) is 0. The van der Waals surface area contributed by atoms with Crippen LogP contribution >= 0.6 is 0 Å². The molecule has 0 aliphatic rings. The number of benzene rings is 2. The zero-order valence-electron chi connectivity index (χ0n) is 13.7. The number of aryl methyl sites for hydroxylation is 2. The number of nitrogens with zero attached hydrogens (tertiary/aromatic N) is 2. The van der Waals surface area contributed by atoms with Crippen molar-refractivity contribution in [1.82, 2.24) is 15.5 Å². The first kappa shape index (κ1) is 15.9. The predicted octanol–water partition coefficient (Wildman–Crippen LogP) is 3.33. The summed E-state index contributed by atoms with van der Waals surface area (Å²) in [5.41, 5.74) is 3.85. The van der Waals surface area contributed by atoms with Gasteiger partial charge in [0.05, 0.1) is 0 Å². The van der Waals surface area contributed by atoms with Crippen molar-refractivity contribution >= 4 is 5.91 Å². The lowest BCUT2D eigenvalue weighted by atomic mass is 10.1. The minimum absolute atomic E-state index is 0.0964. The minimum Gasteiger partial charge on any atom is -0.352 e. The Balaban J connectivity index is 1.56. The van der Waals surface area contributed by atoms with E-state index in [0.717, 1.165) is 11.1 Å². The van der Waals surface area contributed by atoms with Gasteiger partial charge in [-0.3, -0.25) is 4.79 Å². The average Bonchev–Trinajstić information content (AvgIpc) is 3.07.